The summed E-state index contributed by atoms with van der Waals surface area (Å²) in [6, 6.07) is 0.500. The number of ether oxygens (including phenoxy) is 1. The first kappa shape index (κ1) is 9.89. The van der Waals surface area contributed by atoms with Crippen molar-refractivity contribution in [1.29, 1.82) is 0 Å². The lowest BCUT2D eigenvalue weighted by molar-refractivity contribution is -0.000625. The Morgan fingerprint density at radius 1 is 1.75 bits per heavy atom. The van der Waals surface area contributed by atoms with Gasteiger partial charge in [-0.05, 0) is 6.42 Å². The van der Waals surface area contributed by atoms with Gasteiger partial charge >= 0.3 is 0 Å². The maximum Gasteiger partial charge on any atom is 0.0870 e. The van der Waals surface area contributed by atoms with Crippen molar-refractivity contribution in [1.82, 2.24) is 4.90 Å². The van der Waals surface area contributed by atoms with Crippen LogP contribution in [0.3, 0.4) is 0 Å². The van der Waals surface area contributed by atoms with E-state index in [1.165, 1.54) is 0 Å². The van der Waals surface area contributed by atoms with Crippen molar-refractivity contribution in [2.75, 3.05) is 26.3 Å². The van der Waals surface area contributed by atoms with E-state index in [0.717, 1.165) is 32.7 Å². The van der Waals surface area contributed by atoms with E-state index in [-0.39, 0.29) is 0 Å². The Morgan fingerprint density at radius 3 is 3.08 bits per heavy atom. The van der Waals surface area contributed by atoms with E-state index in [2.05, 4.69) is 11.8 Å². The summed E-state index contributed by atoms with van der Waals surface area (Å²) >= 11 is 4.87. The molecular weight excluding hydrogens is 172 g/mol. The SMILES string of the molecule is CCC1COCCN1CC(N)=S. The highest BCUT2D eigenvalue weighted by molar-refractivity contribution is 7.80. The van der Waals surface area contributed by atoms with Crippen molar-refractivity contribution < 1.29 is 4.74 Å². The molecule has 0 radical (unpaired) electrons. The summed E-state index contributed by atoms with van der Waals surface area (Å²) in [6.07, 6.45) is 1.10. The molecule has 1 saturated heterocycles. The molecule has 1 aliphatic rings. The van der Waals surface area contributed by atoms with E-state index in [0.29, 0.717) is 11.0 Å². The van der Waals surface area contributed by atoms with E-state index >= 15 is 0 Å². The minimum Gasteiger partial charge on any atom is -0.392 e. The monoisotopic (exact) mass is 188 g/mol. The van der Waals surface area contributed by atoms with Crippen LogP contribution in [-0.4, -0.2) is 42.2 Å². The zero-order chi connectivity index (χ0) is 8.97. The van der Waals surface area contributed by atoms with Crippen LogP contribution in [0.15, 0.2) is 0 Å². The Balaban J connectivity index is 2.41. The molecule has 2 N–H and O–H groups in total. The Morgan fingerprint density at radius 2 is 2.50 bits per heavy atom. The molecule has 70 valence electrons. The van der Waals surface area contributed by atoms with Gasteiger partial charge in [0.25, 0.3) is 0 Å². The number of hydrogen-bond acceptors (Lipinski definition) is 3. The van der Waals surface area contributed by atoms with Gasteiger partial charge in [0.05, 0.1) is 18.2 Å². The van der Waals surface area contributed by atoms with E-state index in [9.17, 15) is 0 Å². The Kier molecular flexibility index (Phi) is 3.91. The van der Waals surface area contributed by atoms with Gasteiger partial charge in [0.2, 0.25) is 0 Å². The highest BCUT2D eigenvalue weighted by atomic mass is 32.1. The average molecular weight is 188 g/mol. The van der Waals surface area contributed by atoms with Gasteiger partial charge in [-0.25, -0.2) is 0 Å². The maximum atomic E-state index is 5.49. The second-order valence-corrected chi connectivity index (χ2v) is 3.60. The van der Waals surface area contributed by atoms with Crippen LogP contribution >= 0.6 is 12.2 Å². The lowest BCUT2D eigenvalue weighted by Crippen LogP contribution is -2.48. The van der Waals surface area contributed by atoms with Gasteiger partial charge < -0.3 is 10.5 Å². The van der Waals surface area contributed by atoms with Crippen molar-refractivity contribution in [2.45, 2.75) is 19.4 Å². The predicted octanol–water partition coefficient (Wildman–Crippen LogP) is 0.383. The van der Waals surface area contributed by atoms with Gasteiger partial charge in [0.1, 0.15) is 0 Å². The average Bonchev–Trinajstić information content (AvgIpc) is 2.04. The Labute approximate surface area is 78.9 Å². The molecule has 1 fully saturated rings. The van der Waals surface area contributed by atoms with Crippen molar-refractivity contribution >= 4 is 17.2 Å². The lowest BCUT2D eigenvalue weighted by atomic mass is 10.2. The quantitative estimate of drug-likeness (QED) is 0.650. The number of nitrogens with two attached hydrogens (primary N) is 1. The molecule has 1 rings (SSSR count). The first-order valence-electron chi connectivity index (χ1n) is 4.34. The predicted molar refractivity (Wildman–Crippen MR) is 53.3 cm³/mol. The second-order valence-electron chi connectivity index (χ2n) is 3.07. The molecule has 1 atom stereocenters. The smallest absolute Gasteiger partial charge is 0.0870 e. The van der Waals surface area contributed by atoms with Crippen LogP contribution in [0.5, 0.6) is 0 Å². The van der Waals surface area contributed by atoms with Gasteiger partial charge in [-0.3, -0.25) is 4.90 Å². The summed E-state index contributed by atoms with van der Waals surface area (Å²) in [4.78, 5) is 2.88. The number of morpholine rings is 1. The lowest BCUT2D eigenvalue weighted by Gasteiger charge is -2.34. The summed E-state index contributed by atoms with van der Waals surface area (Å²) < 4.78 is 5.36. The van der Waals surface area contributed by atoms with Gasteiger partial charge in [-0.2, -0.15) is 0 Å². The van der Waals surface area contributed by atoms with Gasteiger partial charge in [-0.1, -0.05) is 19.1 Å². The van der Waals surface area contributed by atoms with Crippen LogP contribution in [0.2, 0.25) is 0 Å². The van der Waals surface area contributed by atoms with E-state index in [4.69, 9.17) is 22.7 Å². The van der Waals surface area contributed by atoms with Crippen LogP contribution in [0.4, 0.5) is 0 Å². The molecule has 3 nitrogen and oxygen atoms in total. The Bertz CT molecular complexity index is 163. The highest BCUT2D eigenvalue weighted by Gasteiger charge is 2.21. The van der Waals surface area contributed by atoms with Crippen molar-refractivity contribution in [3.63, 3.8) is 0 Å². The number of nitrogens with zero attached hydrogens (tertiary/aromatic N) is 1. The fourth-order valence-corrected chi connectivity index (χ4v) is 1.64. The molecule has 0 aromatic rings. The first-order valence-corrected chi connectivity index (χ1v) is 4.75. The molecular formula is C8H16N2OS. The standard InChI is InChI=1S/C8H16N2OS/c1-2-7-6-11-4-3-10(7)5-8(9)12/h7H,2-6H2,1H3,(H2,9,12). The van der Waals surface area contributed by atoms with Crippen LogP contribution in [0.1, 0.15) is 13.3 Å². The summed E-state index contributed by atoms with van der Waals surface area (Å²) in [5.74, 6) is 0. The summed E-state index contributed by atoms with van der Waals surface area (Å²) in [5, 5.41) is 0. The number of rotatable bonds is 3. The molecule has 0 spiro atoms. The normalized spacial score (nSPS) is 25.6. The molecule has 1 unspecified atom stereocenters. The summed E-state index contributed by atoms with van der Waals surface area (Å²) in [7, 11) is 0. The molecule has 0 aromatic heterocycles. The minimum atomic E-state index is 0.500. The molecule has 0 amide bonds. The first-order chi connectivity index (χ1) is 5.74. The van der Waals surface area contributed by atoms with Crippen LogP contribution in [0.25, 0.3) is 0 Å². The topological polar surface area (TPSA) is 38.5 Å². The molecule has 0 saturated carbocycles. The fourth-order valence-electron chi connectivity index (χ4n) is 1.47. The molecule has 0 bridgehead atoms. The maximum absolute atomic E-state index is 5.49. The third kappa shape index (κ3) is 2.69. The molecule has 4 heteroatoms. The van der Waals surface area contributed by atoms with Crippen LogP contribution in [0, 0.1) is 0 Å². The zero-order valence-corrected chi connectivity index (χ0v) is 8.27. The molecule has 12 heavy (non-hydrogen) atoms. The Hall–Kier alpha value is -0.190. The van der Waals surface area contributed by atoms with Crippen LogP contribution in [-0.2, 0) is 4.74 Å². The van der Waals surface area contributed by atoms with Gasteiger partial charge in [0, 0.05) is 19.1 Å². The van der Waals surface area contributed by atoms with Gasteiger partial charge in [0.15, 0.2) is 0 Å². The highest BCUT2D eigenvalue weighted by Crippen LogP contribution is 2.09. The third-order valence-electron chi connectivity index (χ3n) is 2.18. The van der Waals surface area contributed by atoms with Crippen LogP contribution < -0.4 is 5.73 Å². The molecule has 1 aliphatic heterocycles. The second kappa shape index (κ2) is 4.74. The summed E-state index contributed by atoms with van der Waals surface area (Å²) in [5.41, 5.74) is 5.49. The van der Waals surface area contributed by atoms with E-state index < -0.39 is 0 Å². The number of hydrogen-bond donors (Lipinski definition) is 1. The molecule has 1 heterocycles. The van der Waals surface area contributed by atoms with Crippen molar-refractivity contribution in [3.05, 3.63) is 0 Å². The largest absolute Gasteiger partial charge is 0.392 e. The summed E-state index contributed by atoms with van der Waals surface area (Å²) in [6.45, 7) is 5.47. The van der Waals surface area contributed by atoms with E-state index in [1.54, 1.807) is 0 Å². The van der Waals surface area contributed by atoms with Gasteiger partial charge in [-0.15, -0.1) is 0 Å². The molecule has 0 aliphatic carbocycles. The van der Waals surface area contributed by atoms with E-state index in [1.807, 2.05) is 0 Å². The minimum absolute atomic E-state index is 0.500. The fraction of sp³-hybridized carbons (Fsp3) is 0.875. The van der Waals surface area contributed by atoms with Crippen molar-refractivity contribution in [3.8, 4) is 0 Å². The third-order valence-corrected chi connectivity index (χ3v) is 2.31. The molecule has 0 aromatic carbocycles. The van der Waals surface area contributed by atoms with Crippen molar-refractivity contribution in [2.24, 2.45) is 5.73 Å². The zero-order valence-electron chi connectivity index (χ0n) is 7.45. The number of thiocarbonyl (C=S) groups is 1.